The number of carbonyl (C=O) groups is 3. The number of nitrogens with two attached hydrogens (primary N) is 1. The number of H-pyrrole nitrogens is 1. The molecule has 1 heterocycles. The van der Waals surface area contributed by atoms with Gasteiger partial charge in [0.1, 0.15) is 6.04 Å². The van der Waals surface area contributed by atoms with Crippen LogP contribution in [-0.2, 0) is 20.8 Å². The van der Waals surface area contributed by atoms with Crippen LogP contribution in [0.3, 0.4) is 0 Å². The van der Waals surface area contributed by atoms with Crippen LogP contribution in [0.1, 0.15) is 19.0 Å². The number of carbonyl (C=O) groups excluding carboxylic acids is 2. The Morgan fingerprint density at radius 2 is 2.32 bits per heavy atom. The lowest BCUT2D eigenvalue weighted by molar-refractivity contribution is -0.138. The summed E-state index contributed by atoms with van der Waals surface area (Å²) in [5.74, 6) is -0.992. The lowest BCUT2D eigenvalue weighted by Gasteiger charge is -2.01. The number of aliphatic carboxylic acids is 1. The molecule has 1 aliphatic rings. The Hall–Kier alpha value is -2.22. The zero-order valence-electron chi connectivity index (χ0n) is 10.4. The molecule has 2 rings (SSSR count). The molecule has 0 spiro atoms. The largest absolute Gasteiger partial charge is 0.480 e. The van der Waals surface area contributed by atoms with Gasteiger partial charge in [0.15, 0.2) is 5.78 Å². The van der Waals surface area contributed by atoms with Crippen LogP contribution in [0.2, 0.25) is 0 Å². The number of nitrogens with one attached hydrogen (secondary N) is 2. The van der Waals surface area contributed by atoms with E-state index in [0.717, 1.165) is 0 Å². The molecule has 1 fully saturated rings. The highest BCUT2D eigenvalue weighted by Gasteiger charge is 2.34. The minimum absolute atomic E-state index is 0.124. The topological polar surface area (TPSA) is 138 Å². The molecule has 2 atom stereocenters. The number of rotatable bonds is 4. The molecule has 19 heavy (non-hydrogen) atoms. The zero-order chi connectivity index (χ0) is 14.4. The summed E-state index contributed by atoms with van der Waals surface area (Å²) in [7, 11) is 0. The summed E-state index contributed by atoms with van der Waals surface area (Å²) in [6.45, 7) is 1.41. The van der Waals surface area contributed by atoms with Crippen molar-refractivity contribution in [2.24, 2.45) is 5.73 Å². The van der Waals surface area contributed by atoms with Gasteiger partial charge >= 0.3 is 5.97 Å². The maximum absolute atomic E-state index is 10.3. The van der Waals surface area contributed by atoms with E-state index in [1.54, 1.807) is 6.20 Å². The predicted octanol–water partition coefficient (Wildman–Crippen LogP) is -1.17. The summed E-state index contributed by atoms with van der Waals surface area (Å²) >= 11 is 0. The first kappa shape index (κ1) is 14.8. The average molecular weight is 268 g/mol. The molecule has 1 unspecified atom stereocenters. The number of aromatic amines is 1. The van der Waals surface area contributed by atoms with Gasteiger partial charge in [-0.3, -0.25) is 14.4 Å². The van der Waals surface area contributed by atoms with E-state index in [0.29, 0.717) is 12.1 Å². The molecule has 0 aromatic carbocycles. The number of hydrogen-bond acceptors (Lipinski definition) is 5. The van der Waals surface area contributed by atoms with Crippen molar-refractivity contribution < 1.29 is 19.5 Å². The lowest BCUT2D eigenvalue weighted by Crippen LogP contribution is -2.32. The molecule has 0 saturated heterocycles. The van der Waals surface area contributed by atoms with Crippen LogP contribution in [0.5, 0.6) is 0 Å². The fraction of sp³-hybridized carbons (Fsp3) is 0.455. The van der Waals surface area contributed by atoms with Crippen LogP contribution in [0.15, 0.2) is 12.5 Å². The Bertz CT molecular complexity index is 457. The molecular formula is C11H16N4O4. The second-order valence-electron chi connectivity index (χ2n) is 4.13. The molecular weight excluding hydrogens is 252 g/mol. The fourth-order valence-electron chi connectivity index (χ4n) is 1.23. The van der Waals surface area contributed by atoms with Crippen molar-refractivity contribution in [1.82, 2.24) is 15.3 Å². The maximum Gasteiger partial charge on any atom is 0.320 e. The van der Waals surface area contributed by atoms with E-state index in [2.05, 4.69) is 15.3 Å². The van der Waals surface area contributed by atoms with Gasteiger partial charge in [0.05, 0.1) is 18.1 Å². The first-order valence-corrected chi connectivity index (χ1v) is 5.66. The van der Waals surface area contributed by atoms with Crippen LogP contribution in [0, 0.1) is 0 Å². The van der Waals surface area contributed by atoms with Gasteiger partial charge < -0.3 is 21.1 Å². The van der Waals surface area contributed by atoms with E-state index < -0.39 is 12.0 Å². The molecule has 5 N–H and O–H groups in total. The van der Waals surface area contributed by atoms with Crippen molar-refractivity contribution in [3.63, 3.8) is 0 Å². The fourth-order valence-corrected chi connectivity index (χ4v) is 1.23. The zero-order valence-corrected chi connectivity index (χ0v) is 10.4. The van der Waals surface area contributed by atoms with Crippen molar-refractivity contribution in [3.8, 4) is 0 Å². The monoisotopic (exact) mass is 268 g/mol. The van der Waals surface area contributed by atoms with Crippen molar-refractivity contribution in [3.05, 3.63) is 18.2 Å². The Labute approximate surface area is 109 Å². The van der Waals surface area contributed by atoms with Crippen LogP contribution in [0.25, 0.3) is 0 Å². The Morgan fingerprint density at radius 3 is 2.63 bits per heavy atom. The first-order valence-electron chi connectivity index (χ1n) is 5.66. The van der Waals surface area contributed by atoms with Crippen LogP contribution >= 0.6 is 0 Å². The predicted molar refractivity (Wildman–Crippen MR) is 65.1 cm³/mol. The Morgan fingerprint density at radius 1 is 1.68 bits per heavy atom. The van der Waals surface area contributed by atoms with E-state index in [9.17, 15) is 14.4 Å². The lowest BCUT2D eigenvalue weighted by atomic mass is 10.2. The molecule has 1 aromatic heterocycles. The molecule has 8 nitrogen and oxygen atoms in total. The number of carboxylic acid groups (broad SMARTS) is 1. The summed E-state index contributed by atoms with van der Waals surface area (Å²) in [5, 5.41) is 10.9. The Balaban J connectivity index is 0.000000200. The number of Topliss-reactive ketones (excluding diaryl/α,β-unsaturated/α-hetero) is 1. The normalized spacial score (nSPS) is 18.0. The molecule has 1 amide bonds. The molecule has 104 valence electrons. The van der Waals surface area contributed by atoms with Crippen molar-refractivity contribution in [2.75, 3.05) is 0 Å². The van der Waals surface area contributed by atoms with E-state index in [1.165, 1.54) is 13.3 Å². The highest BCUT2D eigenvalue weighted by molar-refractivity contribution is 6.02. The van der Waals surface area contributed by atoms with Crippen LogP contribution in [-0.4, -0.2) is 44.8 Å². The van der Waals surface area contributed by atoms with E-state index in [4.69, 9.17) is 10.8 Å². The van der Waals surface area contributed by atoms with E-state index in [1.807, 2.05) is 0 Å². The summed E-state index contributed by atoms with van der Waals surface area (Å²) in [6, 6.07) is -1.01. The van der Waals surface area contributed by atoms with Gasteiger partial charge in [-0.05, 0) is 0 Å². The quantitative estimate of drug-likeness (QED) is 0.542. The molecule has 0 radical (unpaired) electrons. The van der Waals surface area contributed by atoms with Gasteiger partial charge in [-0.25, -0.2) is 4.98 Å². The summed E-state index contributed by atoms with van der Waals surface area (Å²) < 4.78 is 0. The van der Waals surface area contributed by atoms with Crippen LogP contribution in [0.4, 0.5) is 0 Å². The number of imidazole rings is 1. The third-order valence-corrected chi connectivity index (χ3v) is 2.31. The second kappa shape index (κ2) is 6.64. The summed E-state index contributed by atoms with van der Waals surface area (Å²) in [6.07, 6.45) is 3.91. The van der Waals surface area contributed by atoms with Crippen molar-refractivity contribution in [1.29, 1.82) is 0 Å². The first-order chi connectivity index (χ1) is 8.90. The number of hydrogen-bond donors (Lipinski definition) is 4. The molecule has 1 saturated carbocycles. The smallest absolute Gasteiger partial charge is 0.320 e. The highest BCUT2D eigenvalue weighted by Crippen LogP contribution is 2.12. The number of carboxylic acids is 1. The SMILES string of the molecule is CC(=O)NC1CC1=O.N[C@@H](Cc1c[nH]cn1)C(=O)O. The van der Waals surface area contributed by atoms with Gasteiger partial charge in [-0.2, -0.15) is 0 Å². The van der Waals surface area contributed by atoms with E-state index >= 15 is 0 Å². The third-order valence-electron chi connectivity index (χ3n) is 2.31. The Kier molecular flexibility index (Phi) is 5.19. The molecule has 0 bridgehead atoms. The average Bonchev–Trinajstić information content (AvgIpc) is 2.80. The number of nitrogens with zero attached hydrogens (tertiary/aromatic N) is 1. The standard InChI is InChI=1S/C6H9N3O2.C5H7NO2/c7-5(6(10)11)1-4-2-8-3-9-4;1-3(7)6-4-2-5(4)8/h2-3,5H,1,7H2,(H,8,9)(H,10,11);4H,2H2,1H3,(H,6,7)/t5-;/m0./s1. The van der Waals surface area contributed by atoms with Gasteiger partial charge in [0.25, 0.3) is 0 Å². The van der Waals surface area contributed by atoms with Gasteiger partial charge in [0.2, 0.25) is 5.91 Å². The maximum atomic E-state index is 10.3. The third kappa shape index (κ3) is 5.77. The molecule has 1 aliphatic carbocycles. The molecule has 1 aromatic rings. The second-order valence-corrected chi connectivity index (χ2v) is 4.13. The minimum atomic E-state index is -1.01. The van der Waals surface area contributed by atoms with Gasteiger partial charge in [-0.15, -0.1) is 0 Å². The summed E-state index contributed by atoms with van der Waals surface area (Å²) in [4.78, 5) is 37.2. The highest BCUT2D eigenvalue weighted by atomic mass is 16.4. The number of amides is 1. The van der Waals surface area contributed by atoms with Gasteiger partial charge in [-0.1, -0.05) is 0 Å². The van der Waals surface area contributed by atoms with Crippen molar-refractivity contribution >= 4 is 17.7 Å². The van der Waals surface area contributed by atoms with Crippen molar-refractivity contribution in [2.45, 2.75) is 31.8 Å². The summed E-state index contributed by atoms with van der Waals surface area (Å²) in [5.41, 5.74) is 5.92. The minimum Gasteiger partial charge on any atom is -0.480 e. The number of aromatic nitrogens is 2. The molecule has 8 heteroatoms. The van der Waals surface area contributed by atoms with Gasteiger partial charge in [0, 0.05) is 26.0 Å². The number of ketones is 1. The van der Waals surface area contributed by atoms with E-state index in [-0.39, 0.29) is 24.2 Å². The van der Waals surface area contributed by atoms with Crippen LogP contribution < -0.4 is 11.1 Å². The molecule has 0 aliphatic heterocycles.